The molecule has 1 aromatic rings. The fourth-order valence-corrected chi connectivity index (χ4v) is 1.76. The Morgan fingerprint density at radius 3 is 2.85 bits per heavy atom. The van der Waals surface area contributed by atoms with Crippen LogP contribution in [0.3, 0.4) is 0 Å². The summed E-state index contributed by atoms with van der Waals surface area (Å²) in [7, 11) is 0. The zero-order valence-corrected chi connectivity index (χ0v) is 9.01. The number of hydrazine groups is 1. The number of halogens is 1. The Bertz CT molecular complexity index is 285. The summed E-state index contributed by atoms with van der Waals surface area (Å²) in [5.74, 6) is 0. The first-order valence-electron chi connectivity index (χ1n) is 4.38. The summed E-state index contributed by atoms with van der Waals surface area (Å²) in [6, 6.07) is 5.00. The van der Waals surface area contributed by atoms with Gasteiger partial charge in [0, 0.05) is 18.3 Å². The van der Waals surface area contributed by atoms with Gasteiger partial charge in [-0.25, -0.2) is 10.4 Å². The third-order valence-corrected chi connectivity index (χ3v) is 2.71. The Labute approximate surface area is 86.0 Å². The molecule has 4 heteroatoms. The summed E-state index contributed by atoms with van der Waals surface area (Å²) in [5.41, 5.74) is 7.67. The number of nitrogens with one attached hydrogen (secondary N) is 2. The normalized spacial score (nSPS) is 27.8. The predicted molar refractivity (Wildman–Crippen MR) is 55.0 cm³/mol. The van der Waals surface area contributed by atoms with E-state index in [1.54, 1.807) is 0 Å². The molecule has 2 unspecified atom stereocenters. The topological polar surface area (TPSA) is 37.0 Å². The smallest absolute Gasteiger partial charge is 0.106 e. The lowest BCUT2D eigenvalue weighted by atomic mass is 10.1. The van der Waals surface area contributed by atoms with Crippen molar-refractivity contribution < 1.29 is 0 Å². The molecule has 0 spiro atoms. The van der Waals surface area contributed by atoms with Crippen LogP contribution in [0.1, 0.15) is 24.9 Å². The van der Waals surface area contributed by atoms with Crippen molar-refractivity contribution in [3.05, 3.63) is 28.5 Å². The van der Waals surface area contributed by atoms with Crippen molar-refractivity contribution >= 4 is 15.9 Å². The van der Waals surface area contributed by atoms with E-state index in [4.69, 9.17) is 0 Å². The highest BCUT2D eigenvalue weighted by Crippen LogP contribution is 2.21. The summed E-state index contributed by atoms with van der Waals surface area (Å²) in [5, 5.41) is 0. The number of hydrogen-bond acceptors (Lipinski definition) is 3. The van der Waals surface area contributed by atoms with E-state index in [1.165, 1.54) is 5.56 Å². The molecule has 2 rings (SSSR count). The zero-order valence-electron chi connectivity index (χ0n) is 7.42. The monoisotopic (exact) mass is 241 g/mol. The highest BCUT2D eigenvalue weighted by atomic mass is 79.9. The summed E-state index contributed by atoms with van der Waals surface area (Å²) >= 11 is 3.32. The number of nitrogens with zero attached hydrogens (tertiary/aromatic N) is 1. The van der Waals surface area contributed by atoms with E-state index in [0.717, 1.165) is 11.0 Å². The van der Waals surface area contributed by atoms with Gasteiger partial charge < -0.3 is 0 Å². The molecule has 1 fully saturated rings. The average molecular weight is 242 g/mol. The van der Waals surface area contributed by atoms with E-state index in [0.29, 0.717) is 12.1 Å². The first kappa shape index (κ1) is 9.12. The summed E-state index contributed by atoms with van der Waals surface area (Å²) in [6.07, 6.45) is 3.02. The molecular formula is C9H12BrN3. The van der Waals surface area contributed by atoms with Crippen LogP contribution in [-0.4, -0.2) is 11.0 Å². The van der Waals surface area contributed by atoms with Gasteiger partial charge in [-0.05, 0) is 40.9 Å². The van der Waals surface area contributed by atoms with Gasteiger partial charge in [0.05, 0.1) is 0 Å². The maximum Gasteiger partial charge on any atom is 0.106 e. The highest BCUT2D eigenvalue weighted by molar-refractivity contribution is 9.10. The fraction of sp³-hybridized carbons (Fsp3) is 0.444. The molecule has 0 radical (unpaired) electrons. The molecule has 1 aliphatic heterocycles. The van der Waals surface area contributed by atoms with Crippen LogP contribution in [-0.2, 0) is 0 Å². The Kier molecular flexibility index (Phi) is 2.62. The van der Waals surface area contributed by atoms with Crippen LogP contribution in [0.5, 0.6) is 0 Å². The molecule has 1 aromatic heterocycles. The van der Waals surface area contributed by atoms with E-state index in [1.807, 2.05) is 12.3 Å². The summed E-state index contributed by atoms with van der Waals surface area (Å²) in [4.78, 5) is 4.20. The summed E-state index contributed by atoms with van der Waals surface area (Å²) in [6.45, 7) is 2.17. The predicted octanol–water partition coefficient (Wildman–Crippen LogP) is 1.77. The van der Waals surface area contributed by atoms with Gasteiger partial charge in [0.2, 0.25) is 0 Å². The molecule has 0 aromatic carbocycles. The van der Waals surface area contributed by atoms with E-state index in [2.05, 4.69) is 44.8 Å². The molecule has 3 nitrogen and oxygen atoms in total. The second kappa shape index (κ2) is 3.74. The number of pyridine rings is 1. The third kappa shape index (κ3) is 2.07. The van der Waals surface area contributed by atoms with E-state index >= 15 is 0 Å². The molecule has 2 N–H and O–H groups in total. The van der Waals surface area contributed by atoms with Gasteiger partial charge in [-0.1, -0.05) is 6.07 Å². The van der Waals surface area contributed by atoms with Crippen molar-refractivity contribution in [2.45, 2.75) is 25.4 Å². The maximum absolute atomic E-state index is 4.20. The zero-order chi connectivity index (χ0) is 9.26. The van der Waals surface area contributed by atoms with Crippen LogP contribution >= 0.6 is 15.9 Å². The van der Waals surface area contributed by atoms with Crippen LogP contribution in [0.15, 0.2) is 22.9 Å². The lowest BCUT2D eigenvalue weighted by molar-refractivity contribution is 0.559. The van der Waals surface area contributed by atoms with Crippen molar-refractivity contribution in [2.75, 3.05) is 0 Å². The van der Waals surface area contributed by atoms with Gasteiger partial charge in [0.1, 0.15) is 4.60 Å². The van der Waals surface area contributed by atoms with Crippen LogP contribution < -0.4 is 10.9 Å². The van der Waals surface area contributed by atoms with Gasteiger partial charge in [0.25, 0.3) is 0 Å². The highest BCUT2D eigenvalue weighted by Gasteiger charge is 2.21. The third-order valence-electron chi connectivity index (χ3n) is 2.25. The van der Waals surface area contributed by atoms with Crippen molar-refractivity contribution in [1.82, 2.24) is 15.8 Å². The van der Waals surface area contributed by atoms with E-state index < -0.39 is 0 Å². The summed E-state index contributed by atoms with van der Waals surface area (Å²) < 4.78 is 0.884. The van der Waals surface area contributed by atoms with Gasteiger partial charge in [0.15, 0.2) is 0 Å². The molecule has 1 aliphatic rings. The lowest BCUT2D eigenvalue weighted by Gasteiger charge is -2.08. The molecular weight excluding hydrogens is 230 g/mol. The van der Waals surface area contributed by atoms with Crippen LogP contribution in [0.2, 0.25) is 0 Å². The minimum Gasteiger partial charge on any atom is -0.254 e. The van der Waals surface area contributed by atoms with Crippen molar-refractivity contribution in [3.8, 4) is 0 Å². The molecule has 0 bridgehead atoms. The largest absolute Gasteiger partial charge is 0.254 e. The second-order valence-corrected chi connectivity index (χ2v) is 4.20. The van der Waals surface area contributed by atoms with Crippen LogP contribution in [0, 0.1) is 0 Å². The molecule has 0 saturated carbocycles. The van der Waals surface area contributed by atoms with Crippen LogP contribution in [0.25, 0.3) is 0 Å². The average Bonchev–Trinajstić information content (AvgIpc) is 2.53. The van der Waals surface area contributed by atoms with E-state index in [-0.39, 0.29) is 0 Å². The fourth-order valence-electron chi connectivity index (χ4n) is 1.53. The Morgan fingerprint density at radius 2 is 2.31 bits per heavy atom. The number of rotatable bonds is 1. The molecule has 2 atom stereocenters. The van der Waals surface area contributed by atoms with Crippen molar-refractivity contribution in [1.29, 1.82) is 0 Å². The Balaban J connectivity index is 2.13. The lowest BCUT2D eigenvalue weighted by Crippen LogP contribution is -2.28. The molecule has 1 saturated heterocycles. The minimum absolute atomic E-state index is 0.399. The van der Waals surface area contributed by atoms with E-state index in [9.17, 15) is 0 Å². The first-order valence-corrected chi connectivity index (χ1v) is 5.17. The van der Waals surface area contributed by atoms with Crippen molar-refractivity contribution in [3.63, 3.8) is 0 Å². The van der Waals surface area contributed by atoms with Crippen molar-refractivity contribution in [2.24, 2.45) is 0 Å². The minimum atomic E-state index is 0.399. The quantitative estimate of drug-likeness (QED) is 0.737. The standard InChI is InChI=1S/C9H12BrN3/c1-6-4-8(13-12-6)7-2-3-9(10)11-5-7/h2-3,5-6,8,12-13H,4H2,1H3. The molecule has 70 valence electrons. The number of aromatic nitrogens is 1. The molecule has 2 heterocycles. The molecule has 0 aliphatic carbocycles. The SMILES string of the molecule is CC1CC(c2ccc(Br)nc2)NN1. The number of hydrogen-bond donors (Lipinski definition) is 2. The maximum atomic E-state index is 4.20. The van der Waals surface area contributed by atoms with Gasteiger partial charge in [-0.3, -0.25) is 5.43 Å². The van der Waals surface area contributed by atoms with Gasteiger partial charge in [-0.2, -0.15) is 0 Å². The van der Waals surface area contributed by atoms with Gasteiger partial charge in [-0.15, -0.1) is 0 Å². The van der Waals surface area contributed by atoms with Crippen LogP contribution in [0.4, 0.5) is 0 Å². The second-order valence-electron chi connectivity index (χ2n) is 3.39. The molecule has 0 amide bonds. The van der Waals surface area contributed by atoms with Gasteiger partial charge >= 0.3 is 0 Å². The molecule has 13 heavy (non-hydrogen) atoms. The first-order chi connectivity index (χ1) is 6.25. The Hall–Kier alpha value is -0.450. The Morgan fingerprint density at radius 1 is 1.46 bits per heavy atom.